The monoisotopic (exact) mass is 1590 g/mol. The van der Waals surface area contributed by atoms with Crippen molar-refractivity contribution in [1.29, 1.82) is 0 Å². The largest absolute Gasteiger partial charge is 0.493 e. The summed E-state index contributed by atoms with van der Waals surface area (Å²) in [6.45, 7) is 0. The first-order chi connectivity index (χ1) is 53.5. The number of nitrogens with zero attached hydrogens (tertiary/aromatic N) is 4. The summed E-state index contributed by atoms with van der Waals surface area (Å²) in [6, 6.07) is 44.5. The Balaban J connectivity index is 0.000000154. The lowest BCUT2D eigenvalue weighted by atomic mass is 10.0. The molecule has 568 valence electrons. The molecule has 14 amide bonds. The van der Waals surface area contributed by atoms with Crippen LogP contribution in [0.2, 0.25) is 8.67 Å². The molecule has 14 rings (SSSR count). The van der Waals surface area contributed by atoms with E-state index in [4.69, 9.17) is 53.6 Å². The molecule has 0 fully saturated rings. The number of nitrogens with two attached hydrogens (primary N) is 2. The topological polar surface area (TPSA) is 413 Å². The molecule has 30 nitrogen and oxygen atoms in total. The number of hydrogen-bond donors (Lipinski definition) is 8. The zero-order valence-electron chi connectivity index (χ0n) is 60.0. The smallest absolute Gasteiger partial charge is 0.265 e. The Morgan fingerprint density at radius 2 is 0.714 bits per heavy atom. The van der Waals surface area contributed by atoms with Crippen molar-refractivity contribution >= 4 is 174 Å². The highest BCUT2D eigenvalue weighted by atomic mass is 35.5. The van der Waals surface area contributed by atoms with Gasteiger partial charge >= 0.3 is 0 Å². The second-order valence-corrected chi connectivity index (χ2v) is 27.6. The normalized spacial score (nSPS) is 12.7. The summed E-state index contributed by atoms with van der Waals surface area (Å²) in [5.41, 5.74) is 14.6. The van der Waals surface area contributed by atoms with Crippen LogP contribution < -0.4 is 62.3 Å². The van der Waals surface area contributed by atoms with Crippen molar-refractivity contribution in [3.8, 4) is 23.0 Å². The number of halogens is 2. The summed E-state index contributed by atoms with van der Waals surface area (Å²) >= 11 is 13.9. The van der Waals surface area contributed by atoms with Gasteiger partial charge in [-0.15, -0.1) is 22.7 Å². The number of nitrogen functional groups attached to an aromatic ring is 2. The number of rotatable bonds is 16. The minimum absolute atomic E-state index is 0.0401. The molecule has 0 saturated carbocycles. The summed E-state index contributed by atoms with van der Waals surface area (Å²) in [6.07, 6.45) is 0. The first kappa shape index (κ1) is 79.0. The van der Waals surface area contributed by atoms with Crippen LogP contribution in [0.25, 0.3) is 0 Å². The molecule has 34 heteroatoms. The summed E-state index contributed by atoms with van der Waals surface area (Å²) in [5.74, 6) is -5.71. The maximum atomic E-state index is 13.1. The molecule has 10 N–H and O–H groups in total. The van der Waals surface area contributed by atoms with Crippen molar-refractivity contribution < 1.29 is 86.1 Å². The fraction of sp³-hybridized carbons (Fsp3) is 0.103. The van der Waals surface area contributed by atoms with E-state index in [9.17, 15) is 67.1 Å². The first-order valence-corrected chi connectivity index (χ1v) is 35.3. The van der Waals surface area contributed by atoms with Crippen molar-refractivity contribution in [3.05, 3.63) is 255 Å². The van der Waals surface area contributed by atoms with Crippen LogP contribution in [-0.4, -0.2) is 159 Å². The van der Waals surface area contributed by atoms with Gasteiger partial charge in [0.15, 0.2) is 23.0 Å². The fourth-order valence-corrected chi connectivity index (χ4v) is 13.7. The Morgan fingerprint density at radius 1 is 0.330 bits per heavy atom. The van der Waals surface area contributed by atoms with Gasteiger partial charge in [-0.05, 0) is 127 Å². The molecule has 0 radical (unpaired) electrons. The maximum Gasteiger partial charge on any atom is 0.265 e. The number of thiophene rings is 2. The summed E-state index contributed by atoms with van der Waals surface area (Å²) in [5, 5.41) is 16.1. The average Bonchev–Trinajstić information content (AvgIpc) is 1.62. The van der Waals surface area contributed by atoms with Gasteiger partial charge in [0.2, 0.25) is 0 Å². The van der Waals surface area contributed by atoms with Gasteiger partial charge in [0, 0.05) is 61.9 Å². The summed E-state index contributed by atoms with van der Waals surface area (Å²) in [4.78, 5) is 180. The molecule has 8 aromatic carbocycles. The number of methoxy groups -OCH3 is 4. The van der Waals surface area contributed by atoms with Crippen molar-refractivity contribution in [2.24, 2.45) is 0 Å². The number of carbonyl (C=O) groups is 14. The minimum Gasteiger partial charge on any atom is -0.493 e. The van der Waals surface area contributed by atoms with E-state index < -0.39 is 82.7 Å². The molecular weight excluding hydrogens is 1530 g/mol. The number of anilines is 8. The Bertz CT molecular complexity index is 5520. The zero-order chi connectivity index (χ0) is 80.8. The van der Waals surface area contributed by atoms with Gasteiger partial charge < -0.3 is 62.3 Å². The Labute approximate surface area is 654 Å². The van der Waals surface area contributed by atoms with Crippen LogP contribution in [0.5, 0.6) is 23.0 Å². The molecule has 0 unspecified atom stereocenters. The van der Waals surface area contributed by atoms with Crippen LogP contribution >= 0.6 is 45.9 Å². The minimum atomic E-state index is -0.625. The highest BCUT2D eigenvalue weighted by Gasteiger charge is 2.42. The van der Waals surface area contributed by atoms with E-state index in [1.165, 1.54) is 123 Å². The molecule has 2 aromatic heterocycles. The molecular formula is C78H62Cl2N12O18S2. The Morgan fingerprint density at radius 3 is 1.12 bits per heavy atom. The lowest BCUT2D eigenvalue weighted by Gasteiger charge is -2.15. The standard InChI is InChI=1S/C27H25N3O8.C23H17N3O4.C19H11Cl2N3O4S2.C9H9N3O2/c1-30-26(33)21-16(28-24(31)14-9-12-18(35-2)20(13-14)37-4)10-11-17(22(21)27(30)34)29-25(32)15-7-6-8-19(36-3)23(15)38-5;1-26-22(29)18-16(24-20(27)14-8-4-2-5-9-14)12-13-17(19(18)23(26)30)25-21(28)15-10-6-3-7-11-15;1-24-18(27)9-6-8(22-16(25)11-2-4-13(20)29-11)7-10(15(9)19(24)28)23-17(26)12-3-5-14(21)30-12;1-12-8(13)6-4(10)2-3-5(11)7(6)9(12)14/h6-13H,1-5H3,(H,28,31)(H,29,32);2-13H,1H3,(H,24,27)(H,25,28);2-7H,1H3,(H,22,25)(H,23,26);2-3H,10-11H2,1H3. The lowest BCUT2D eigenvalue weighted by molar-refractivity contribution is 0.0678. The number of hydrogen-bond acceptors (Lipinski definition) is 22. The molecule has 0 bridgehead atoms. The number of imide groups is 4. The van der Waals surface area contributed by atoms with Gasteiger partial charge in [-0.25, -0.2) is 0 Å². The number of ether oxygens (including phenoxy) is 4. The van der Waals surface area contributed by atoms with Crippen molar-refractivity contribution in [3.63, 3.8) is 0 Å². The van der Waals surface area contributed by atoms with Crippen LogP contribution in [0.3, 0.4) is 0 Å². The van der Waals surface area contributed by atoms with Crippen LogP contribution in [0, 0.1) is 0 Å². The molecule has 112 heavy (non-hydrogen) atoms. The fourth-order valence-electron chi connectivity index (χ4n) is 11.8. The van der Waals surface area contributed by atoms with E-state index in [-0.39, 0.29) is 107 Å². The molecule has 10 aromatic rings. The van der Waals surface area contributed by atoms with E-state index in [2.05, 4.69) is 31.9 Å². The number of carbonyl (C=O) groups excluding carboxylic acids is 14. The number of nitrogens with one attached hydrogen (secondary N) is 6. The van der Waals surface area contributed by atoms with Gasteiger partial charge in [0.25, 0.3) is 82.7 Å². The quantitative estimate of drug-likeness (QED) is 0.0329. The number of benzene rings is 8. The highest BCUT2D eigenvalue weighted by Crippen LogP contribution is 2.40. The van der Waals surface area contributed by atoms with E-state index in [0.29, 0.717) is 46.8 Å². The van der Waals surface area contributed by atoms with Crippen LogP contribution in [0.4, 0.5) is 45.5 Å². The van der Waals surface area contributed by atoms with Crippen LogP contribution in [0.1, 0.15) is 144 Å². The lowest BCUT2D eigenvalue weighted by Crippen LogP contribution is -2.25. The van der Waals surface area contributed by atoms with Crippen molar-refractivity contribution in [1.82, 2.24) is 19.6 Å². The molecule has 0 atom stereocenters. The first-order valence-electron chi connectivity index (χ1n) is 32.9. The second-order valence-electron chi connectivity index (χ2n) is 24.2. The number of para-hydroxylation sites is 1. The van der Waals surface area contributed by atoms with E-state index in [1.54, 1.807) is 103 Å². The number of amides is 14. The van der Waals surface area contributed by atoms with Crippen LogP contribution in [-0.2, 0) is 0 Å². The Kier molecular flexibility index (Phi) is 23.4. The highest BCUT2D eigenvalue weighted by molar-refractivity contribution is 7.18. The van der Waals surface area contributed by atoms with E-state index in [1.807, 2.05) is 0 Å². The Hall–Kier alpha value is -14.1. The third-order valence-electron chi connectivity index (χ3n) is 17.4. The molecule has 0 aliphatic carbocycles. The number of fused-ring (bicyclic) bond motifs is 4. The van der Waals surface area contributed by atoms with Gasteiger partial charge in [0.05, 0.1) is 125 Å². The van der Waals surface area contributed by atoms with Gasteiger partial charge in [-0.3, -0.25) is 86.7 Å². The summed E-state index contributed by atoms with van der Waals surface area (Å²) < 4.78 is 21.9. The molecule has 6 heterocycles. The molecule has 4 aliphatic rings. The second kappa shape index (κ2) is 33.2. The van der Waals surface area contributed by atoms with Crippen LogP contribution in [0.15, 0.2) is 170 Å². The third-order valence-corrected chi connectivity index (χ3v) is 19.9. The summed E-state index contributed by atoms with van der Waals surface area (Å²) in [7, 11) is 11.2. The van der Waals surface area contributed by atoms with E-state index in [0.717, 1.165) is 42.3 Å². The average molecular weight is 1590 g/mol. The predicted molar refractivity (Wildman–Crippen MR) is 419 cm³/mol. The van der Waals surface area contributed by atoms with Gasteiger partial charge in [-0.1, -0.05) is 65.7 Å². The molecule has 0 saturated heterocycles. The van der Waals surface area contributed by atoms with Crippen molar-refractivity contribution in [2.45, 2.75) is 0 Å². The third kappa shape index (κ3) is 15.8. The molecule has 0 spiro atoms. The van der Waals surface area contributed by atoms with Gasteiger partial charge in [-0.2, -0.15) is 0 Å². The van der Waals surface area contributed by atoms with Gasteiger partial charge in [0.1, 0.15) is 0 Å². The molecule has 4 aliphatic heterocycles. The maximum absolute atomic E-state index is 13.1. The van der Waals surface area contributed by atoms with E-state index >= 15 is 0 Å². The zero-order valence-corrected chi connectivity index (χ0v) is 63.2. The SMILES string of the molecule is CN1C(=O)c2c(N)ccc(N)c2C1=O.CN1C(=O)c2c(NC(=O)c3ccccc3)ccc(NC(=O)c3ccccc3)c2C1=O.CN1C(=O)c2cc(NC(=O)c3ccc(Cl)s3)cc(NC(=O)c3ccc(Cl)s3)c2C1=O.COc1ccc(C(=O)Nc2ccc(NC(=O)c3cccc(OC)c3OC)c3c2C(=O)N(C)C3=O)cc1OC. The predicted octanol–water partition coefficient (Wildman–Crippen LogP) is 11.8. The van der Waals surface area contributed by atoms with Crippen molar-refractivity contribution in [2.75, 3.05) is 100.0 Å².